The molecule has 6 heteroatoms. The number of hydrogen-bond acceptors (Lipinski definition) is 3. The van der Waals surface area contributed by atoms with Gasteiger partial charge in [0.1, 0.15) is 11.5 Å². The molecule has 0 amide bonds. The molecule has 0 spiro atoms. The molecule has 0 radical (unpaired) electrons. The lowest BCUT2D eigenvalue weighted by atomic mass is 10.1. The van der Waals surface area contributed by atoms with Gasteiger partial charge < -0.3 is 5.32 Å². The molecule has 1 unspecified atom stereocenters. The van der Waals surface area contributed by atoms with Gasteiger partial charge in [-0.1, -0.05) is 13.8 Å². The molecular weight excluding hydrogens is 230 g/mol. The molecule has 1 rings (SSSR count). The van der Waals surface area contributed by atoms with Gasteiger partial charge in [-0.2, -0.15) is 0 Å². The Labute approximate surface area is 97.8 Å². The lowest BCUT2D eigenvalue weighted by Gasteiger charge is -2.19. The highest BCUT2D eigenvalue weighted by molar-refractivity contribution is 5.62. The monoisotopic (exact) mass is 244 g/mol. The topological polar surface area (TPSA) is 55.2 Å². The molecule has 1 N–H and O–H groups in total. The zero-order chi connectivity index (χ0) is 13.2. The predicted molar refractivity (Wildman–Crippen MR) is 60.9 cm³/mol. The second kappa shape index (κ2) is 5.07. The summed E-state index contributed by atoms with van der Waals surface area (Å²) in [5.41, 5.74) is -0.854. The van der Waals surface area contributed by atoms with Gasteiger partial charge in [-0.15, -0.1) is 0 Å². The van der Waals surface area contributed by atoms with E-state index in [0.717, 1.165) is 0 Å². The number of rotatable bonds is 4. The van der Waals surface area contributed by atoms with Gasteiger partial charge in [-0.25, -0.2) is 8.78 Å². The summed E-state index contributed by atoms with van der Waals surface area (Å²) in [7, 11) is 0. The minimum atomic E-state index is -0.961. The van der Waals surface area contributed by atoms with Crippen molar-refractivity contribution in [3.8, 4) is 0 Å². The van der Waals surface area contributed by atoms with E-state index in [1.54, 1.807) is 6.92 Å². The van der Waals surface area contributed by atoms with Crippen LogP contribution in [0.25, 0.3) is 0 Å². The van der Waals surface area contributed by atoms with Crippen molar-refractivity contribution in [2.75, 3.05) is 5.32 Å². The Balaban J connectivity index is 3.17. The summed E-state index contributed by atoms with van der Waals surface area (Å²) in [6.07, 6.45) is 0. The van der Waals surface area contributed by atoms with Crippen molar-refractivity contribution in [3.05, 3.63) is 33.9 Å². The summed E-state index contributed by atoms with van der Waals surface area (Å²) in [5, 5.41) is 13.4. The molecule has 4 nitrogen and oxygen atoms in total. The van der Waals surface area contributed by atoms with E-state index in [9.17, 15) is 18.9 Å². The van der Waals surface area contributed by atoms with Gasteiger partial charge in [0.05, 0.1) is 11.0 Å². The summed E-state index contributed by atoms with van der Waals surface area (Å²) in [6, 6.07) is 1.18. The van der Waals surface area contributed by atoms with Crippen molar-refractivity contribution in [2.24, 2.45) is 5.92 Å². The molecule has 1 aromatic rings. The van der Waals surface area contributed by atoms with Crippen LogP contribution in [0.1, 0.15) is 20.8 Å². The first kappa shape index (κ1) is 13.3. The number of nitrogens with zero attached hydrogens (tertiary/aromatic N) is 1. The van der Waals surface area contributed by atoms with Crippen LogP contribution in [0.4, 0.5) is 20.2 Å². The van der Waals surface area contributed by atoms with Crippen LogP contribution >= 0.6 is 0 Å². The highest BCUT2D eigenvalue weighted by atomic mass is 19.1. The maximum absolute atomic E-state index is 13.5. The highest BCUT2D eigenvalue weighted by Gasteiger charge is 2.22. The Morgan fingerprint density at radius 1 is 1.29 bits per heavy atom. The first-order valence-corrected chi connectivity index (χ1v) is 5.23. The molecule has 17 heavy (non-hydrogen) atoms. The molecule has 0 saturated heterocycles. The Morgan fingerprint density at radius 3 is 2.35 bits per heavy atom. The van der Waals surface area contributed by atoms with Gasteiger partial charge in [0.25, 0.3) is 5.69 Å². The first-order chi connectivity index (χ1) is 7.82. The minimum absolute atomic E-state index is 0.159. The molecule has 0 aromatic heterocycles. The standard InChI is InChI=1S/C11H14F2N2O2/c1-6(2)7(3)14-11-9(13)4-8(12)5-10(11)15(16)17/h4-7,14H,1-3H3. The molecule has 0 bridgehead atoms. The normalized spacial score (nSPS) is 12.6. The van der Waals surface area contributed by atoms with E-state index < -0.39 is 22.2 Å². The molecule has 1 atom stereocenters. The van der Waals surface area contributed by atoms with E-state index in [2.05, 4.69) is 5.32 Å². The van der Waals surface area contributed by atoms with Crippen LogP contribution in [-0.2, 0) is 0 Å². The second-order valence-electron chi connectivity index (χ2n) is 4.22. The minimum Gasteiger partial charge on any atom is -0.374 e. The molecule has 0 heterocycles. The molecule has 94 valence electrons. The van der Waals surface area contributed by atoms with Crippen molar-refractivity contribution < 1.29 is 13.7 Å². The lowest BCUT2D eigenvalue weighted by molar-refractivity contribution is -0.384. The number of anilines is 1. The Hall–Kier alpha value is -1.72. The third-order valence-electron chi connectivity index (χ3n) is 2.60. The Bertz CT molecular complexity index is 436. The summed E-state index contributed by atoms with van der Waals surface area (Å²) in [4.78, 5) is 9.91. The average Bonchev–Trinajstić information content (AvgIpc) is 2.20. The van der Waals surface area contributed by atoms with Crippen molar-refractivity contribution in [1.29, 1.82) is 0 Å². The van der Waals surface area contributed by atoms with Crippen molar-refractivity contribution in [1.82, 2.24) is 0 Å². The largest absolute Gasteiger partial charge is 0.374 e. The average molecular weight is 244 g/mol. The summed E-state index contributed by atoms with van der Waals surface area (Å²) in [6.45, 7) is 5.56. The van der Waals surface area contributed by atoms with Crippen molar-refractivity contribution in [3.63, 3.8) is 0 Å². The van der Waals surface area contributed by atoms with Crippen molar-refractivity contribution >= 4 is 11.4 Å². The zero-order valence-corrected chi connectivity index (χ0v) is 9.83. The second-order valence-corrected chi connectivity index (χ2v) is 4.22. The smallest absolute Gasteiger partial charge is 0.298 e. The van der Waals surface area contributed by atoms with Crippen LogP contribution in [0.5, 0.6) is 0 Å². The molecule has 0 aliphatic heterocycles. The van der Waals surface area contributed by atoms with Crippen LogP contribution in [0, 0.1) is 27.7 Å². The number of hydrogen-bond donors (Lipinski definition) is 1. The third kappa shape index (κ3) is 3.12. The van der Waals surface area contributed by atoms with Gasteiger partial charge >= 0.3 is 0 Å². The van der Waals surface area contributed by atoms with Gasteiger partial charge in [-0.3, -0.25) is 10.1 Å². The molecule has 1 aromatic carbocycles. The summed E-state index contributed by atoms with van der Waals surface area (Å²) >= 11 is 0. The van der Waals surface area contributed by atoms with Gasteiger partial charge in [0.2, 0.25) is 0 Å². The van der Waals surface area contributed by atoms with Crippen LogP contribution < -0.4 is 5.32 Å². The number of benzene rings is 1. The Kier molecular flexibility index (Phi) is 3.98. The quantitative estimate of drug-likeness (QED) is 0.652. The fraction of sp³-hybridized carbons (Fsp3) is 0.455. The van der Waals surface area contributed by atoms with E-state index >= 15 is 0 Å². The van der Waals surface area contributed by atoms with E-state index in [1.807, 2.05) is 13.8 Å². The van der Waals surface area contributed by atoms with E-state index in [-0.39, 0.29) is 17.6 Å². The number of nitro benzene ring substituents is 1. The molecular formula is C11H14F2N2O2. The van der Waals surface area contributed by atoms with E-state index in [1.165, 1.54) is 0 Å². The number of nitrogens with one attached hydrogen (secondary N) is 1. The lowest BCUT2D eigenvalue weighted by Crippen LogP contribution is -2.22. The number of halogens is 2. The SMILES string of the molecule is CC(C)C(C)Nc1c(F)cc(F)cc1[N+](=O)[O-]. The maximum Gasteiger partial charge on any atom is 0.298 e. The van der Waals surface area contributed by atoms with Crippen LogP contribution in [-0.4, -0.2) is 11.0 Å². The van der Waals surface area contributed by atoms with Crippen LogP contribution in [0.3, 0.4) is 0 Å². The predicted octanol–water partition coefficient (Wildman–Crippen LogP) is 3.33. The van der Waals surface area contributed by atoms with Crippen LogP contribution in [0.2, 0.25) is 0 Å². The van der Waals surface area contributed by atoms with Crippen molar-refractivity contribution in [2.45, 2.75) is 26.8 Å². The molecule has 0 aliphatic rings. The molecule has 0 saturated carbocycles. The summed E-state index contributed by atoms with van der Waals surface area (Å²) in [5.74, 6) is -1.75. The van der Waals surface area contributed by atoms with Gasteiger partial charge in [-0.05, 0) is 12.8 Å². The number of nitro groups is 1. The van der Waals surface area contributed by atoms with E-state index in [0.29, 0.717) is 12.1 Å². The molecule has 0 fully saturated rings. The van der Waals surface area contributed by atoms with Gasteiger partial charge in [0, 0.05) is 12.1 Å². The first-order valence-electron chi connectivity index (χ1n) is 5.23. The highest BCUT2D eigenvalue weighted by Crippen LogP contribution is 2.29. The molecule has 0 aliphatic carbocycles. The maximum atomic E-state index is 13.5. The fourth-order valence-corrected chi connectivity index (χ4v) is 1.24. The summed E-state index contributed by atoms with van der Waals surface area (Å²) < 4.78 is 26.4. The van der Waals surface area contributed by atoms with Gasteiger partial charge in [0.15, 0.2) is 5.82 Å². The third-order valence-corrected chi connectivity index (χ3v) is 2.60. The zero-order valence-electron chi connectivity index (χ0n) is 9.83. The fourth-order valence-electron chi connectivity index (χ4n) is 1.24. The van der Waals surface area contributed by atoms with E-state index in [4.69, 9.17) is 0 Å². The van der Waals surface area contributed by atoms with Crippen LogP contribution in [0.15, 0.2) is 12.1 Å². The Morgan fingerprint density at radius 2 is 1.88 bits per heavy atom.